The number of benzene rings is 2. The highest BCUT2D eigenvalue weighted by Crippen LogP contribution is 2.33. The molecule has 0 bridgehead atoms. The third kappa shape index (κ3) is 3.34. The zero-order valence-corrected chi connectivity index (χ0v) is 14.8. The van der Waals surface area contributed by atoms with Crippen molar-refractivity contribution >= 4 is 33.0 Å². The van der Waals surface area contributed by atoms with Gasteiger partial charge in [-0.3, -0.25) is 0 Å². The molecule has 0 fully saturated rings. The van der Waals surface area contributed by atoms with Gasteiger partial charge in [0.05, 0.1) is 7.11 Å². The highest BCUT2D eigenvalue weighted by Gasteiger charge is 2.21. The van der Waals surface area contributed by atoms with Crippen molar-refractivity contribution < 1.29 is 27.5 Å². The van der Waals surface area contributed by atoms with E-state index < -0.39 is 12.6 Å². The summed E-state index contributed by atoms with van der Waals surface area (Å²) in [5, 5.41) is 0. The molecule has 0 N–H and O–H groups in total. The van der Waals surface area contributed by atoms with Gasteiger partial charge in [0.15, 0.2) is 5.58 Å². The maximum absolute atomic E-state index is 12.6. The number of halogens is 3. The van der Waals surface area contributed by atoms with Gasteiger partial charge in [-0.05, 0) is 30.7 Å². The Morgan fingerprint density at radius 3 is 2.76 bits per heavy atom. The van der Waals surface area contributed by atoms with Crippen LogP contribution >= 0.6 is 15.9 Å². The van der Waals surface area contributed by atoms with E-state index in [1.165, 1.54) is 12.1 Å². The van der Waals surface area contributed by atoms with Crippen molar-refractivity contribution in [1.29, 1.82) is 0 Å². The van der Waals surface area contributed by atoms with Crippen LogP contribution in [0.2, 0.25) is 0 Å². The smallest absolute Gasteiger partial charge is 0.387 e. The number of hydrogen-bond acceptors (Lipinski definition) is 5. The van der Waals surface area contributed by atoms with Gasteiger partial charge < -0.3 is 13.9 Å². The largest absolute Gasteiger partial charge is 0.465 e. The lowest BCUT2D eigenvalue weighted by molar-refractivity contribution is -0.0503. The van der Waals surface area contributed by atoms with Gasteiger partial charge in [0.25, 0.3) is 0 Å². The molecule has 0 atom stereocenters. The lowest BCUT2D eigenvalue weighted by Gasteiger charge is -2.08. The molecule has 2 aromatic carbocycles. The van der Waals surface area contributed by atoms with E-state index in [4.69, 9.17) is 4.42 Å². The van der Waals surface area contributed by atoms with Crippen LogP contribution in [-0.2, 0) is 4.74 Å². The van der Waals surface area contributed by atoms with Gasteiger partial charge >= 0.3 is 12.6 Å². The topological polar surface area (TPSA) is 61.6 Å². The van der Waals surface area contributed by atoms with Crippen LogP contribution in [0.1, 0.15) is 15.9 Å². The number of fused-ring (bicyclic) bond motifs is 1. The van der Waals surface area contributed by atoms with E-state index >= 15 is 0 Å². The van der Waals surface area contributed by atoms with Gasteiger partial charge in [-0.25, -0.2) is 9.78 Å². The van der Waals surface area contributed by atoms with Crippen molar-refractivity contribution in [3.63, 3.8) is 0 Å². The number of aromatic nitrogens is 1. The second-order valence-corrected chi connectivity index (χ2v) is 5.97. The van der Waals surface area contributed by atoms with Crippen molar-refractivity contribution in [1.82, 2.24) is 4.98 Å². The third-order valence-electron chi connectivity index (χ3n) is 3.61. The molecule has 25 heavy (non-hydrogen) atoms. The van der Waals surface area contributed by atoms with Crippen LogP contribution in [0.15, 0.2) is 39.2 Å². The van der Waals surface area contributed by atoms with Gasteiger partial charge in [-0.2, -0.15) is 8.78 Å². The zero-order valence-electron chi connectivity index (χ0n) is 13.2. The van der Waals surface area contributed by atoms with Gasteiger partial charge in [-0.1, -0.05) is 22.0 Å². The number of alkyl halides is 2. The van der Waals surface area contributed by atoms with Crippen LogP contribution in [-0.4, -0.2) is 24.7 Å². The maximum atomic E-state index is 12.6. The fourth-order valence-corrected chi connectivity index (χ4v) is 2.74. The molecule has 5 nitrogen and oxygen atoms in total. The molecule has 0 radical (unpaired) electrons. The molecule has 0 saturated heterocycles. The van der Waals surface area contributed by atoms with Crippen LogP contribution in [0.4, 0.5) is 8.78 Å². The third-order valence-corrected chi connectivity index (χ3v) is 4.47. The summed E-state index contributed by atoms with van der Waals surface area (Å²) >= 11 is 3.43. The predicted octanol–water partition coefficient (Wildman–Crippen LogP) is 4.95. The average molecular weight is 412 g/mol. The number of methoxy groups -OCH3 is 1. The molecule has 1 heterocycles. The van der Waals surface area contributed by atoms with Crippen LogP contribution in [0.5, 0.6) is 5.75 Å². The van der Waals surface area contributed by atoms with Crippen molar-refractivity contribution in [2.75, 3.05) is 7.11 Å². The number of carbonyl (C=O) groups is 1. The van der Waals surface area contributed by atoms with Crippen LogP contribution in [0.25, 0.3) is 22.6 Å². The molecule has 3 aromatic rings. The summed E-state index contributed by atoms with van der Waals surface area (Å²) < 4.78 is 40.8. The van der Waals surface area contributed by atoms with Gasteiger partial charge in [0, 0.05) is 16.1 Å². The number of carbonyl (C=O) groups excluding carboxylic acids is 1. The Morgan fingerprint density at radius 1 is 1.32 bits per heavy atom. The Morgan fingerprint density at radius 2 is 2.08 bits per heavy atom. The normalized spacial score (nSPS) is 11.1. The van der Waals surface area contributed by atoms with E-state index in [0.29, 0.717) is 11.4 Å². The summed E-state index contributed by atoms with van der Waals surface area (Å²) in [7, 11) is 1.15. The molecule has 0 amide bonds. The molecule has 3 rings (SSSR count). The van der Waals surface area contributed by atoms with Crippen molar-refractivity contribution in [3.05, 3.63) is 45.9 Å². The van der Waals surface area contributed by atoms with Crippen molar-refractivity contribution in [3.8, 4) is 17.2 Å². The first-order chi connectivity index (χ1) is 11.9. The quantitative estimate of drug-likeness (QED) is 0.568. The minimum absolute atomic E-state index is 0.152. The summed E-state index contributed by atoms with van der Waals surface area (Å²) in [6, 6.07) is 8.04. The Labute approximate surface area is 149 Å². The molecule has 0 aliphatic heterocycles. The highest BCUT2D eigenvalue weighted by atomic mass is 79.9. The second kappa shape index (κ2) is 6.79. The SMILES string of the molecule is COC(=O)c1cc2nc(-c3cccc(Br)c3C)oc2cc1OC(F)F. The van der Waals surface area contributed by atoms with Crippen molar-refractivity contribution in [2.45, 2.75) is 13.5 Å². The maximum Gasteiger partial charge on any atom is 0.387 e. The van der Waals surface area contributed by atoms with E-state index in [-0.39, 0.29) is 16.9 Å². The first kappa shape index (κ1) is 17.3. The summed E-state index contributed by atoms with van der Waals surface area (Å²) in [5.74, 6) is -0.831. The van der Waals surface area contributed by atoms with Gasteiger partial charge in [-0.15, -0.1) is 0 Å². The molecule has 8 heteroatoms. The highest BCUT2D eigenvalue weighted by molar-refractivity contribution is 9.10. The van der Waals surface area contributed by atoms with E-state index in [0.717, 1.165) is 22.7 Å². The first-order valence-electron chi connectivity index (χ1n) is 7.14. The van der Waals surface area contributed by atoms with Crippen molar-refractivity contribution in [2.24, 2.45) is 0 Å². The molecule has 1 aromatic heterocycles. The minimum atomic E-state index is -3.09. The Hall–Kier alpha value is -2.48. The molecule has 0 spiro atoms. The number of rotatable bonds is 4. The summed E-state index contributed by atoms with van der Waals surface area (Å²) in [4.78, 5) is 16.2. The molecule has 0 unspecified atom stereocenters. The fourth-order valence-electron chi connectivity index (χ4n) is 2.37. The summed E-state index contributed by atoms with van der Waals surface area (Å²) in [6.45, 7) is -1.20. The predicted molar refractivity (Wildman–Crippen MR) is 89.9 cm³/mol. The van der Waals surface area contributed by atoms with E-state index in [9.17, 15) is 13.6 Å². The molecule has 0 saturated carbocycles. The number of ether oxygens (including phenoxy) is 2. The molecule has 130 valence electrons. The Balaban J connectivity index is 2.17. The molecule has 0 aliphatic carbocycles. The number of oxazole rings is 1. The Kier molecular flexibility index (Phi) is 4.71. The molecular weight excluding hydrogens is 400 g/mol. The average Bonchev–Trinajstić information content (AvgIpc) is 2.98. The first-order valence-corrected chi connectivity index (χ1v) is 7.93. The lowest BCUT2D eigenvalue weighted by Crippen LogP contribution is -2.09. The lowest BCUT2D eigenvalue weighted by atomic mass is 10.1. The van der Waals surface area contributed by atoms with Gasteiger partial charge in [0.2, 0.25) is 5.89 Å². The van der Waals surface area contributed by atoms with Crippen LogP contribution < -0.4 is 4.74 Å². The zero-order chi connectivity index (χ0) is 18.1. The fraction of sp³-hybridized carbons (Fsp3) is 0.176. The summed E-state index contributed by atoms with van der Waals surface area (Å²) in [5.41, 5.74) is 2.04. The minimum Gasteiger partial charge on any atom is -0.465 e. The number of nitrogens with zero attached hydrogens (tertiary/aromatic N) is 1. The molecular formula is C17H12BrF2NO4. The van der Waals surface area contributed by atoms with Crippen LogP contribution in [0, 0.1) is 6.92 Å². The standard InChI is InChI=1S/C17H12BrF2NO4/c1-8-9(4-3-5-11(8)18)15-21-12-6-10(16(22)23-2)13(25-17(19)20)7-14(12)24-15/h3-7,17H,1-2H3. The number of esters is 1. The monoisotopic (exact) mass is 411 g/mol. The molecule has 0 aliphatic rings. The van der Waals surface area contributed by atoms with E-state index in [2.05, 4.69) is 30.4 Å². The van der Waals surface area contributed by atoms with Gasteiger partial charge in [0.1, 0.15) is 16.8 Å². The number of hydrogen-bond donors (Lipinski definition) is 0. The van der Waals surface area contributed by atoms with Crippen LogP contribution in [0.3, 0.4) is 0 Å². The Bertz CT molecular complexity index is 955. The summed E-state index contributed by atoms with van der Waals surface area (Å²) in [6.07, 6.45) is 0. The van der Waals surface area contributed by atoms with E-state index in [1.807, 2.05) is 25.1 Å². The van der Waals surface area contributed by atoms with E-state index in [1.54, 1.807) is 0 Å². The second-order valence-electron chi connectivity index (χ2n) is 5.12.